The molecule has 7 nitrogen and oxygen atoms in total. The molecule has 1 N–H and O–H groups in total. The predicted molar refractivity (Wildman–Crippen MR) is 84.6 cm³/mol. The number of nitrogens with one attached hydrogen (secondary N) is 1. The Hall–Kier alpha value is -2.80. The molecule has 0 saturated carbocycles. The van der Waals surface area contributed by atoms with Gasteiger partial charge in [0.05, 0.1) is 6.54 Å². The molecular weight excluding hydrogens is 310 g/mol. The number of hydrogen-bond donors (Lipinski definition) is 1. The quantitative estimate of drug-likeness (QED) is 0.745. The number of fused-ring (bicyclic) bond motifs is 1. The van der Waals surface area contributed by atoms with Gasteiger partial charge in [-0.25, -0.2) is 0 Å². The second-order valence-electron chi connectivity index (χ2n) is 5.52. The van der Waals surface area contributed by atoms with Gasteiger partial charge in [-0.05, 0) is 23.8 Å². The van der Waals surface area contributed by atoms with E-state index in [0.29, 0.717) is 25.1 Å². The Morgan fingerprint density at radius 2 is 2.00 bits per heavy atom. The van der Waals surface area contributed by atoms with Gasteiger partial charge in [0.1, 0.15) is 23.9 Å². The van der Waals surface area contributed by atoms with Gasteiger partial charge in [-0.2, -0.15) is 0 Å². The Morgan fingerprint density at radius 1 is 1.12 bits per heavy atom. The van der Waals surface area contributed by atoms with Gasteiger partial charge in [0.15, 0.2) is 6.10 Å². The fraction of sp³-hybridized carbons (Fsp3) is 0.294. The maximum atomic E-state index is 5.84. The highest BCUT2D eigenvalue weighted by Crippen LogP contribution is 2.36. The monoisotopic (exact) mass is 327 g/mol. The summed E-state index contributed by atoms with van der Waals surface area (Å²) in [6.45, 7) is 0.904. The molecule has 0 unspecified atom stereocenters. The minimum Gasteiger partial charge on any atom is -0.480 e. The first-order chi connectivity index (χ1) is 11.8. The first-order valence-electron chi connectivity index (χ1n) is 7.70. The van der Waals surface area contributed by atoms with E-state index in [1.165, 1.54) is 0 Å². The molecule has 124 valence electrons. The van der Waals surface area contributed by atoms with E-state index in [0.717, 1.165) is 29.3 Å². The van der Waals surface area contributed by atoms with Crippen LogP contribution in [0.2, 0.25) is 0 Å². The fourth-order valence-corrected chi connectivity index (χ4v) is 2.66. The number of rotatable bonds is 6. The normalized spacial score (nSPS) is 16.0. The Morgan fingerprint density at radius 3 is 2.88 bits per heavy atom. The van der Waals surface area contributed by atoms with Crippen LogP contribution >= 0.6 is 0 Å². The zero-order valence-corrected chi connectivity index (χ0v) is 13.2. The van der Waals surface area contributed by atoms with Crippen LogP contribution in [0.15, 0.2) is 45.2 Å². The van der Waals surface area contributed by atoms with Crippen LogP contribution in [0.5, 0.6) is 5.75 Å². The second-order valence-corrected chi connectivity index (χ2v) is 5.52. The molecule has 4 rings (SSSR count). The van der Waals surface area contributed by atoms with E-state index < -0.39 is 0 Å². The molecule has 3 aromatic rings. The van der Waals surface area contributed by atoms with E-state index >= 15 is 0 Å². The maximum absolute atomic E-state index is 5.84. The van der Waals surface area contributed by atoms with Crippen molar-refractivity contribution in [3.63, 3.8) is 0 Å². The summed E-state index contributed by atoms with van der Waals surface area (Å²) in [6, 6.07) is 12.0. The molecule has 0 amide bonds. The molecule has 2 aromatic heterocycles. The number of methoxy groups -OCH3 is 1. The molecule has 0 spiro atoms. The van der Waals surface area contributed by atoms with Crippen LogP contribution in [0.25, 0.3) is 0 Å². The van der Waals surface area contributed by atoms with Crippen molar-refractivity contribution in [2.24, 2.45) is 0 Å². The molecule has 0 saturated heterocycles. The number of anilines is 1. The third-order valence-corrected chi connectivity index (χ3v) is 3.78. The highest BCUT2D eigenvalue weighted by Gasteiger charge is 2.28. The molecule has 0 fully saturated rings. The van der Waals surface area contributed by atoms with Crippen LogP contribution in [-0.4, -0.2) is 17.3 Å². The average Bonchev–Trinajstić information content (AvgIpc) is 3.32. The fourth-order valence-electron chi connectivity index (χ4n) is 2.66. The summed E-state index contributed by atoms with van der Waals surface area (Å²) in [6.07, 6.45) is 0.499. The molecule has 7 heteroatoms. The Balaban J connectivity index is 1.37. The van der Waals surface area contributed by atoms with Crippen molar-refractivity contribution in [3.8, 4) is 5.75 Å². The summed E-state index contributed by atoms with van der Waals surface area (Å²) >= 11 is 0. The minimum absolute atomic E-state index is 0.234. The predicted octanol–water partition coefficient (Wildman–Crippen LogP) is 3.10. The summed E-state index contributed by atoms with van der Waals surface area (Å²) in [5.74, 6) is 2.88. The molecule has 1 atom stereocenters. The van der Waals surface area contributed by atoms with E-state index in [-0.39, 0.29) is 6.10 Å². The highest BCUT2D eigenvalue weighted by molar-refractivity contribution is 5.38. The largest absolute Gasteiger partial charge is 0.480 e. The number of hydrogen-bond acceptors (Lipinski definition) is 7. The van der Waals surface area contributed by atoms with E-state index in [4.69, 9.17) is 18.3 Å². The lowest BCUT2D eigenvalue weighted by Crippen LogP contribution is -2.03. The Kier molecular flexibility index (Phi) is 3.92. The lowest BCUT2D eigenvalue weighted by molar-refractivity contribution is 0.163. The van der Waals surface area contributed by atoms with E-state index in [2.05, 4.69) is 15.5 Å². The van der Waals surface area contributed by atoms with Crippen LogP contribution in [-0.2, 0) is 24.3 Å². The van der Waals surface area contributed by atoms with Crippen LogP contribution in [0.1, 0.15) is 29.1 Å². The molecule has 1 aromatic carbocycles. The van der Waals surface area contributed by atoms with Gasteiger partial charge in [-0.15, -0.1) is 5.10 Å². The first-order valence-corrected chi connectivity index (χ1v) is 7.70. The molecule has 24 heavy (non-hydrogen) atoms. The molecule has 0 aliphatic carbocycles. The highest BCUT2D eigenvalue weighted by atomic mass is 16.5. The number of para-hydroxylation sites is 1. The SMILES string of the molecule is COCc1ccc(CNc2nnc([C@@H]3Cc4ccccc4O3)o2)o1. The van der Waals surface area contributed by atoms with Crippen molar-refractivity contribution >= 4 is 6.01 Å². The number of nitrogens with zero attached hydrogens (tertiary/aromatic N) is 2. The van der Waals surface area contributed by atoms with Gasteiger partial charge >= 0.3 is 6.01 Å². The van der Waals surface area contributed by atoms with Gasteiger partial charge in [-0.1, -0.05) is 23.3 Å². The van der Waals surface area contributed by atoms with Crippen molar-refractivity contribution in [1.82, 2.24) is 10.2 Å². The van der Waals surface area contributed by atoms with E-state index in [9.17, 15) is 0 Å². The van der Waals surface area contributed by atoms with Crippen LogP contribution < -0.4 is 10.1 Å². The first kappa shape index (κ1) is 14.8. The molecule has 1 aliphatic rings. The minimum atomic E-state index is -0.234. The van der Waals surface area contributed by atoms with Crippen molar-refractivity contribution in [2.45, 2.75) is 25.7 Å². The number of benzene rings is 1. The summed E-state index contributed by atoms with van der Waals surface area (Å²) < 4.78 is 22.1. The van der Waals surface area contributed by atoms with Crippen molar-refractivity contribution in [2.75, 3.05) is 12.4 Å². The number of aromatic nitrogens is 2. The van der Waals surface area contributed by atoms with Crippen LogP contribution in [0.4, 0.5) is 6.01 Å². The molecule has 0 radical (unpaired) electrons. The van der Waals surface area contributed by atoms with Crippen molar-refractivity contribution in [3.05, 3.63) is 59.4 Å². The average molecular weight is 327 g/mol. The van der Waals surface area contributed by atoms with Gasteiger partial charge in [-0.3, -0.25) is 0 Å². The van der Waals surface area contributed by atoms with Gasteiger partial charge in [0.2, 0.25) is 0 Å². The number of ether oxygens (including phenoxy) is 2. The standard InChI is InChI=1S/C17H17N3O4/c1-21-10-13-7-6-12(22-13)9-18-17-20-19-16(24-17)15-8-11-4-2-3-5-14(11)23-15/h2-7,15H,8-10H2,1H3,(H,18,20)/t15-/m0/s1. The zero-order chi connectivity index (χ0) is 16.4. The number of furan rings is 1. The maximum Gasteiger partial charge on any atom is 0.315 e. The third kappa shape index (κ3) is 2.98. The lowest BCUT2D eigenvalue weighted by Gasteiger charge is -2.04. The van der Waals surface area contributed by atoms with Gasteiger partial charge < -0.3 is 23.6 Å². The molecular formula is C17H17N3O4. The zero-order valence-electron chi connectivity index (χ0n) is 13.2. The summed E-state index contributed by atoms with van der Waals surface area (Å²) in [5.41, 5.74) is 1.15. The Bertz CT molecular complexity index is 802. The summed E-state index contributed by atoms with van der Waals surface area (Å²) in [4.78, 5) is 0. The molecule has 3 heterocycles. The second kappa shape index (κ2) is 6.37. The Labute approximate surface area is 138 Å². The van der Waals surface area contributed by atoms with E-state index in [1.807, 2.05) is 36.4 Å². The lowest BCUT2D eigenvalue weighted by atomic mass is 10.1. The van der Waals surface area contributed by atoms with Crippen molar-refractivity contribution in [1.29, 1.82) is 0 Å². The molecule has 1 aliphatic heterocycles. The molecule has 0 bridgehead atoms. The van der Waals surface area contributed by atoms with Crippen molar-refractivity contribution < 1.29 is 18.3 Å². The summed E-state index contributed by atoms with van der Waals surface area (Å²) in [5, 5.41) is 11.1. The van der Waals surface area contributed by atoms with Gasteiger partial charge in [0, 0.05) is 13.5 Å². The third-order valence-electron chi connectivity index (χ3n) is 3.78. The smallest absolute Gasteiger partial charge is 0.315 e. The summed E-state index contributed by atoms with van der Waals surface area (Å²) in [7, 11) is 1.63. The van der Waals surface area contributed by atoms with Crippen LogP contribution in [0.3, 0.4) is 0 Å². The topological polar surface area (TPSA) is 82.5 Å². The van der Waals surface area contributed by atoms with Crippen LogP contribution in [0, 0.1) is 0 Å². The van der Waals surface area contributed by atoms with E-state index in [1.54, 1.807) is 7.11 Å². The van der Waals surface area contributed by atoms with Gasteiger partial charge in [0.25, 0.3) is 5.89 Å².